The molecule has 0 spiro atoms. The molecule has 9 heteroatoms. The predicted molar refractivity (Wildman–Crippen MR) is 116 cm³/mol. The Bertz CT molecular complexity index is 1160. The first-order chi connectivity index (χ1) is 14.3. The molecule has 3 aromatic rings. The summed E-state index contributed by atoms with van der Waals surface area (Å²) in [6.07, 6.45) is 0. The molecule has 0 heterocycles. The molecule has 0 aliphatic rings. The first kappa shape index (κ1) is 21.5. The number of benzene rings is 3. The maximum Gasteiger partial charge on any atom is 0.262 e. The number of nitrogens with one attached hydrogen (secondary N) is 2. The van der Waals surface area contributed by atoms with Crippen molar-refractivity contribution in [2.45, 2.75) is 4.90 Å². The van der Waals surface area contributed by atoms with Crippen molar-refractivity contribution in [1.82, 2.24) is 0 Å². The SMILES string of the molecule is COc1ccc(S(=O)(=O)Nc2ccc(C(=O)Nc3cccc(Cl)c3)cc2)cc1OC. The van der Waals surface area contributed by atoms with Crippen LogP contribution in [-0.2, 0) is 10.0 Å². The lowest BCUT2D eigenvalue weighted by molar-refractivity contribution is 0.102. The molecule has 0 unspecified atom stereocenters. The number of hydrogen-bond acceptors (Lipinski definition) is 5. The van der Waals surface area contributed by atoms with Gasteiger partial charge < -0.3 is 14.8 Å². The minimum Gasteiger partial charge on any atom is -0.493 e. The minimum absolute atomic E-state index is 0.0166. The number of carbonyl (C=O) groups is 1. The van der Waals surface area contributed by atoms with E-state index in [0.29, 0.717) is 33.5 Å². The normalized spacial score (nSPS) is 10.9. The van der Waals surface area contributed by atoms with Crippen LogP contribution in [0.15, 0.2) is 71.6 Å². The van der Waals surface area contributed by atoms with Gasteiger partial charge in [0.15, 0.2) is 11.5 Å². The summed E-state index contributed by atoms with van der Waals surface area (Å²) in [7, 11) is -0.966. The zero-order chi connectivity index (χ0) is 21.7. The molecule has 3 aromatic carbocycles. The van der Waals surface area contributed by atoms with Gasteiger partial charge in [-0.2, -0.15) is 0 Å². The molecule has 0 bridgehead atoms. The Morgan fingerprint density at radius 1 is 0.867 bits per heavy atom. The summed E-state index contributed by atoms with van der Waals surface area (Å²) in [6, 6.07) is 17.1. The van der Waals surface area contributed by atoms with Crippen molar-refractivity contribution >= 4 is 38.9 Å². The number of carbonyl (C=O) groups excluding carboxylic acids is 1. The van der Waals surface area contributed by atoms with Gasteiger partial charge in [0.05, 0.1) is 19.1 Å². The largest absolute Gasteiger partial charge is 0.493 e. The second-order valence-electron chi connectivity index (χ2n) is 6.16. The Morgan fingerprint density at radius 2 is 1.57 bits per heavy atom. The van der Waals surface area contributed by atoms with E-state index in [-0.39, 0.29) is 10.8 Å². The van der Waals surface area contributed by atoms with E-state index in [9.17, 15) is 13.2 Å². The zero-order valence-corrected chi connectivity index (χ0v) is 17.8. The molecule has 3 rings (SSSR count). The van der Waals surface area contributed by atoms with Gasteiger partial charge in [-0.25, -0.2) is 8.42 Å². The van der Waals surface area contributed by atoms with Crippen LogP contribution in [0.2, 0.25) is 5.02 Å². The maximum atomic E-state index is 12.7. The first-order valence-electron chi connectivity index (χ1n) is 8.74. The number of methoxy groups -OCH3 is 2. The Morgan fingerprint density at radius 3 is 2.20 bits per heavy atom. The van der Waals surface area contributed by atoms with E-state index in [1.807, 2.05) is 0 Å². The van der Waals surface area contributed by atoms with Crippen LogP contribution in [0.25, 0.3) is 0 Å². The van der Waals surface area contributed by atoms with Crippen molar-refractivity contribution in [2.24, 2.45) is 0 Å². The highest BCUT2D eigenvalue weighted by Crippen LogP contribution is 2.30. The van der Waals surface area contributed by atoms with Crippen molar-refractivity contribution in [3.05, 3.63) is 77.3 Å². The number of ether oxygens (including phenoxy) is 2. The first-order valence-corrected chi connectivity index (χ1v) is 10.6. The van der Waals surface area contributed by atoms with Crippen LogP contribution >= 0.6 is 11.6 Å². The van der Waals surface area contributed by atoms with E-state index in [1.54, 1.807) is 24.3 Å². The van der Waals surface area contributed by atoms with Crippen LogP contribution in [0.3, 0.4) is 0 Å². The monoisotopic (exact) mass is 446 g/mol. The summed E-state index contributed by atoms with van der Waals surface area (Å²) in [5.41, 5.74) is 1.24. The molecule has 0 aromatic heterocycles. The fourth-order valence-electron chi connectivity index (χ4n) is 2.66. The summed E-state index contributed by atoms with van der Waals surface area (Å²) in [5.74, 6) is 0.381. The molecule has 30 heavy (non-hydrogen) atoms. The van der Waals surface area contributed by atoms with Gasteiger partial charge in [0.25, 0.3) is 15.9 Å². The fraction of sp³-hybridized carbons (Fsp3) is 0.0952. The molecule has 7 nitrogen and oxygen atoms in total. The highest BCUT2D eigenvalue weighted by Gasteiger charge is 2.17. The summed E-state index contributed by atoms with van der Waals surface area (Å²) >= 11 is 5.91. The van der Waals surface area contributed by atoms with E-state index >= 15 is 0 Å². The van der Waals surface area contributed by atoms with Crippen molar-refractivity contribution in [3.63, 3.8) is 0 Å². The van der Waals surface area contributed by atoms with Crippen LogP contribution < -0.4 is 19.5 Å². The molecule has 0 radical (unpaired) electrons. The maximum absolute atomic E-state index is 12.7. The summed E-state index contributed by atoms with van der Waals surface area (Å²) in [5, 5.41) is 3.24. The lowest BCUT2D eigenvalue weighted by Gasteiger charge is -2.12. The third-order valence-corrected chi connectivity index (χ3v) is 5.76. The van der Waals surface area contributed by atoms with Crippen LogP contribution in [-0.4, -0.2) is 28.5 Å². The van der Waals surface area contributed by atoms with Crippen molar-refractivity contribution in [2.75, 3.05) is 24.3 Å². The average Bonchev–Trinajstić information content (AvgIpc) is 2.73. The van der Waals surface area contributed by atoms with Gasteiger partial charge in [0.1, 0.15) is 0 Å². The Balaban J connectivity index is 1.74. The second-order valence-corrected chi connectivity index (χ2v) is 8.28. The lowest BCUT2D eigenvalue weighted by atomic mass is 10.2. The van der Waals surface area contributed by atoms with E-state index < -0.39 is 10.0 Å². The minimum atomic E-state index is -3.86. The van der Waals surface area contributed by atoms with Gasteiger partial charge in [0, 0.05) is 28.0 Å². The molecule has 0 saturated carbocycles. The van der Waals surface area contributed by atoms with Crippen LogP contribution in [0, 0.1) is 0 Å². The Labute approximate surface area is 179 Å². The van der Waals surface area contributed by atoms with Crippen molar-refractivity contribution in [1.29, 1.82) is 0 Å². The second kappa shape index (κ2) is 9.06. The molecular weight excluding hydrogens is 428 g/mol. The van der Waals surface area contributed by atoms with Gasteiger partial charge in [-0.15, -0.1) is 0 Å². The van der Waals surface area contributed by atoms with Gasteiger partial charge in [-0.3, -0.25) is 9.52 Å². The topological polar surface area (TPSA) is 93.7 Å². The number of hydrogen-bond donors (Lipinski definition) is 2. The average molecular weight is 447 g/mol. The van der Waals surface area contributed by atoms with E-state index in [0.717, 1.165) is 0 Å². The van der Waals surface area contributed by atoms with Gasteiger partial charge in [0.2, 0.25) is 0 Å². The molecule has 156 valence electrons. The highest BCUT2D eigenvalue weighted by atomic mass is 35.5. The third kappa shape index (κ3) is 5.03. The lowest BCUT2D eigenvalue weighted by Crippen LogP contribution is -2.14. The summed E-state index contributed by atoms with van der Waals surface area (Å²) in [6.45, 7) is 0. The number of anilines is 2. The van der Waals surface area contributed by atoms with Crippen LogP contribution in [0.1, 0.15) is 10.4 Å². The summed E-state index contributed by atoms with van der Waals surface area (Å²) < 4.78 is 38.1. The molecule has 0 atom stereocenters. The molecule has 2 N–H and O–H groups in total. The quantitative estimate of drug-likeness (QED) is 0.560. The molecule has 0 saturated heterocycles. The van der Waals surface area contributed by atoms with Gasteiger partial charge in [-0.1, -0.05) is 17.7 Å². The standard InChI is InChI=1S/C21H19ClN2O5S/c1-28-19-11-10-18(13-20(19)29-2)30(26,27)24-16-8-6-14(7-9-16)21(25)23-17-5-3-4-15(22)12-17/h3-13,24H,1-2H3,(H,23,25). The number of halogens is 1. The number of sulfonamides is 1. The fourth-order valence-corrected chi connectivity index (χ4v) is 3.92. The Hall–Kier alpha value is -3.23. The molecular formula is C21H19ClN2O5S. The summed E-state index contributed by atoms with van der Waals surface area (Å²) in [4.78, 5) is 12.4. The van der Waals surface area contributed by atoms with E-state index in [2.05, 4.69) is 10.0 Å². The van der Waals surface area contributed by atoms with E-state index in [1.165, 1.54) is 56.7 Å². The van der Waals surface area contributed by atoms with Crippen molar-refractivity contribution < 1.29 is 22.7 Å². The van der Waals surface area contributed by atoms with Crippen molar-refractivity contribution in [3.8, 4) is 11.5 Å². The molecule has 0 aliphatic carbocycles. The van der Waals surface area contributed by atoms with Gasteiger partial charge in [-0.05, 0) is 54.6 Å². The number of rotatable bonds is 7. The molecule has 0 aliphatic heterocycles. The smallest absolute Gasteiger partial charge is 0.262 e. The number of amides is 1. The zero-order valence-electron chi connectivity index (χ0n) is 16.2. The van der Waals surface area contributed by atoms with Crippen LogP contribution in [0.5, 0.6) is 11.5 Å². The molecule has 0 fully saturated rings. The van der Waals surface area contributed by atoms with E-state index in [4.69, 9.17) is 21.1 Å². The predicted octanol–water partition coefficient (Wildman–Crippen LogP) is 4.41. The van der Waals surface area contributed by atoms with Gasteiger partial charge >= 0.3 is 0 Å². The van der Waals surface area contributed by atoms with Crippen LogP contribution in [0.4, 0.5) is 11.4 Å². The Kier molecular flexibility index (Phi) is 6.49. The third-order valence-electron chi connectivity index (χ3n) is 4.15. The molecule has 1 amide bonds. The highest BCUT2D eigenvalue weighted by molar-refractivity contribution is 7.92.